The first kappa shape index (κ1) is 20.0. The van der Waals surface area contributed by atoms with Gasteiger partial charge in [-0.3, -0.25) is 4.79 Å². The summed E-state index contributed by atoms with van der Waals surface area (Å²) >= 11 is 4.53. The first-order valence-corrected chi connectivity index (χ1v) is 10.7. The highest BCUT2D eigenvalue weighted by Crippen LogP contribution is 2.21. The summed E-state index contributed by atoms with van der Waals surface area (Å²) in [6, 6.07) is 6.50. The van der Waals surface area contributed by atoms with E-state index in [1.54, 1.807) is 18.2 Å². The highest BCUT2D eigenvalue weighted by molar-refractivity contribution is 9.10. The van der Waals surface area contributed by atoms with E-state index in [4.69, 9.17) is 0 Å². The Kier molecular flexibility index (Phi) is 7.05. The van der Waals surface area contributed by atoms with Crippen LogP contribution < -0.4 is 10.0 Å². The molecule has 0 fully saturated rings. The van der Waals surface area contributed by atoms with Crippen molar-refractivity contribution in [2.75, 3.05) is 11.9 Å². The fraction of sp³-hybridized carbons (Fsp3) is 0.400. The van der Waals surface area contributed by atoms with Crippen LogP contribution in [0.1, 0.15) is 25.3 Å². The first-order chi connectivity index (χ1) is 11.8. The minimum atomic E-state index is -3.67. The molecule has 25 heavy (non-hydrogen) atoms. The molecule has 10 heteroatoms. The van der Waals surface area contributed by atoms with Gasteiger partial charge in [-0.05, 0) is 34.0 Å². The third kappa shape index (κ3) is 6.14. The number of hydrogen-bond donors (Lipinski definition) is 2. The summed E-state index contributed by atoms with van der Waals surface area (Å²) in [6.45, 7) is 4.15. The molecule has 0 aliphatic carbocycles. The van der Waals surface area contributed by atoms with Crippen LogP contribution in [0.3, 0.4) is 0 Å². The van der Waals surface area contributed by atoms with E-state index in [0.717, 1.165) is 11.4 Å². The molecule has 0 saturated heterocycles. The molecule has 0 atom stereocenters. The molecule has 1 aromatic heterocycles. The number of sulfonamides is 1. The topological polar surface area (TPSA) is 101 Å². The van der Waals surface area contributed by atoms with Gasteiger partial charge in [0.1, 0.15) is 5.01 Å². The molecule has 0 bridgehead atoms. The lowest BCUT2D eigenvalue weighted by molar-refractivity contribution is -0.116. The normalized spacial score (nSPS) is 11.7. The van der Waals surface area contributed by atoms with E-state index >= 15 is 0 Å². The quantitative estimate of drug-likeness (QED) is 0.648. The van der Waals surface area contributed by atoms with Gasteiger partial charge in [-0.25, -0.2) is 13.1 Å². The van der Waals surface area contributed by atoms with Gasteiger partial charge in [-0.15, -0.1) is 10.2 Å². The highest BCUT2D eigenvalue weighted by Gasteiger charge is 2.17. The average molecular weight is 447 g/mol. The Hall–Kier alpha value is -1.36. The van der Waals surface area contributed by atoms with Crippen molar-refractivity contribution in [2.45, 2.75) is 31.6 Å². The van der Waals surface area contributed by atoms with Crippen molar-refractivity contribution >= 4 is 48.3 Å². The number of carbonyl (C=O) groups is 1. The number of nitrogens with one attached hydrogen (secondary N) is 2. The molecule has 136 valence electrons. The van der Waals surface area contributed by atoms with E-state index < -0.39 is 10.0 Å². The lowest BCUT2D eigenvalue weighted by Crippen LogP contribution is -2.28. The molecule has 0 saturated carbocycles. The van der Waals surface area contributed by atoms with Crippen molar-refractivity contribution in [2.24, 2.45) is 5.92 Å². The summed E-state index contributed by atoms with van der Waals surface area (Å²) < 4.78 is 27.3. The van der Waals surface area contributed by atoms with Gasteiger partial charge in [0.2, 0.25) is 21.1 Å². The molecule has 1 aromatic carbocycles. The van der Waals surface area contributed by atoms with Gasteiger partial charge < -0.3 is 5.32 Å². The molecular weight excluding hydrogens is 428 g/mol. The van der Waals surface area contributed by atoms with Crippen LogP contribution in [0.4, 0.5) is 5.13 Å². The highest BCUT2D eigenvalue weighted by atomic mass is 79.9. The van der Waals surface area contributed by atoms with Gasteiger partial charge in [0.05, 0.1) is 4.90 Å². The van der Waals surface area contributed by atoms with Gasteiger partial charge in [0.15, 0.2) is 0 Å². The Bertz CT molecular complexity index is 837. The maximum Gasteiger partial charge on any atom is 0.241 e. The van der Waals surface area contributed by atoms with Gasteiger partial charge in [0.25, 0.3) is 0 Å². The van der Waals surface area contributed by atoms with Crippen molar-refractivity contribution in [1.29, 1.82) is 0 Å². The third-order valence-corrected chi connectivity index (χ3v) is 6.40. The number of carbonyl (C=O) groups excluding carboxylic acids is 1. The fourth-order valence-corrected chi connectivity index (χ4v) is 4.96. The Morgan fingerprint density at radius 1 is 1.28 bits per heavy atom. The van der Waals surface area contributed by atoms with E-state index in [2.05, 4.69) is 50.0 Å². The largest absolute Gasteiger partial charge is 0.300 e. The maximum absolute atomic E-state index is 12.2. The van der Waals surface area contributed by atoms with Gasteiger partial charge >= 0.3 is 0 Å². The van der Waals surface area contributed by atoms with Crippen LogP contribution in [-0.4, -0.2) is 31.1 Å². The number of aromatic nitrogens is 2. The van der Waals surface area contributed by atoms with Crippen LogP contribution in [0.15, 0.2) is 33.6 Å². The van der Waals surface area contributed by atoms with Crippen molar-refractivity contribution < 1.29 is 13.2 Å². The second-order valence-electron chi connectivity index (χ2n) is 5.73. The smallest absolute Gasteiger partial charge is 0.241 e. The Morgan fingerprint density at radius 2 is 2.00 bits per heavy atom. The second-order valence-corrected chi connectivity index (χ2v) is 9.38. The predicted octanol–water partition coefficient (Wildman–Crippen LogP) is 2.81. The number of anilines is 1. The van der Waals surface area contributed by atoms with E-state index in [0.29, 0.717) is 15.5 Å². The SMILES string of the molecule is CC(C)Cc1nnc(NC(=O)CCNS(=O)(=O)c2ccccc2Br)s1. The van der Waals surface area contributed by atoms with Gasteiger partial charge in [-0.2, -0.15) is 0 Å². The minimum absolute atomic E-state index is 0.00275. The van der Waals surface area contributed by atoms with Crippen LogP contribution in [0.2, 0.25) is 0 Å². The Labute approximate surface area is 159 Å². The van der Waals surface area contributed by atoms with Crippen molar-refractivity contribution in [3.05, 3.63) is 33.7 Å². The molecule has 1 amide bonds. The maximum atomic E-state index is 12.2. The zero-order valence-corrected chi connectivity index (χ0v) is 17.0. The Balaban J connectivity index is 1.84. The first-order valence-electron chi connectivity index (χ1n) is 7.64. The monoisotopic (exact) mass is 446 g/mol. The number of amides is 1. The third-order valence-electron chi connectivity index (χ3n) is 3.07. The van der Waals surface area contributed by atoms with Crippen LogP contribution in [-0.2, 0) is 21.2 Å². The summed E-state index contributed by atoms with van der Waals surface area (Å²) in [5, 5.41) is 11.9. The van der Waals surface area contributed by atoms with Crippen LogP contribution in [0, 0.1) is 5.92 Å². The molecule has 7 nitrogen and oxygen atoms in total. The molecule has 0 unspecified atom stereocenters. The standard InChI is InChI=1S/C15H19BrN4O3S2/c1-10(2)9-14-19-20-15(24-14)18-13(21)7-8-17-25(22,23)12-6-4-3-5-11(12)16/h3-6,10,17H,7-9H2,1-2H3,(H,18,20,21). The zero-order chi connectivity index (χ0) is 18.4. The van der Waals surface area contributed by atoms with Gasteiger partial charge in [-0.1, -0.05) is 37.3 Å². The number of rotatable bonds is 8. The number of halogens is 1. The molecule has 0 spiro atoms. The van der Waals surface area contributed by atoms with Gasteiger partial charge in [0, 0.05) is 23.9 Å². The number of hydrogen-bond acceptors (Lipinski definition) is 6. The van der Waals surface area contributed by atoms with E-state index in [9.17, 15) is 13.2 Å². The van der Waals surface area contributed by atoms with Crippen LogP contribution in [0.5, 0.6) is 0 Å². The molecular formula is C15H19BrN4O3S2. The molecule has 1 heterocycles. The van der Waals surface area contributed by atoms with Crippen molar-refractivity contribution in [3.8, 4) is 0 Å². The predicted molar refractivity (Wildman–Crippen MR) is 101 cm³/mol. The number of nitrogens with zero attached hydrogens (tertiary/aromatic N) is 2. The minimum Gasteiger partial charge on any atom is -0.300 e. The molecule has 0 aliphatic heterocycles. The van der Waals surface area contributed by atoms with E-state index in [-0.39, 0.29) is 23.8 Å². The lowest BCUT2D eigenvalue weighted by Gasteiger charge is -2.08. The number of benzene rings is 1. The van der Waals surface area contributed by atoms with Crippen LogP contribution in [0.25, 0.3) is 0 Å². The molecule has 0 aliphatic rings. The lowest BCUT2D eigenvalue weighted by atomic mass is 10.1. The average Bonchev–Trinajstić information content (AvgIpc) is 2.93. The zero-order valence-electron chi connectivity index (χ0n) is 13.8. The van der Waals surface area contributed by atoms with Crippen LogP contribution >= 0.6 is 27.3 Å². The molecule has 0 radical (unpaired) electrons. The van der Waals surface area contributed by atoms with E-state index in [1.165, 1.54) is 17.4 Å². The molecule has 2 aromatic rings. The molecule has 2 rings (SSSR count). The summed E-state index contributed by atoms with van der Waals surface area (Å²) in [7, 11) is -3.67. The summed E-state index contributed by atoms with van der Waals surface area (Å²) in [5.41, 5.74) is 0. The second kappa shape index (κ2) is 8.84. The fourth-order valence-electron chi connectivity index (χ4n) is 1.96. The summed E-state index contributed by atoms with van der Waals surface area (Å²) in [5.74, 6) is 0.144. The van der Waals surface area contributed by atoms with Crippen molar-refractivity contribution in [1.82, 2.24) is 14.9 Å². The summed E-state index contributed by atoms with van der Waals surface area (Å²) in [4.78, 5) is 12.1. The van der Waals surface area contributed by atoms with E-state index in [1.807, 2.05) is 0 Å². The molecule has 2 N–H and O–H groups in total. The van der Waals surface area contributed by atoms with Crippen molar-refractivity contribution in [3.63, 3.8) is 0 Å². The Morgan fingerprint density at radius 3 is 2.68 bits per heavy atom. The summed E-state index contributed by atoms with van der Waals surface area (Å²) in [6.07, 6.45) is 0.808.